The number of carboxylic acids is 1. The van der Waals surface area contributed by atoms with E-state index in [1.807, 2.05) is 0 Å². The molecule has 0 amide bonds. The lowest BCUT2D eigenvalue weighted by atomic mass is 10.0. The van der Waals surface area contributed by atoms with Crippen molar-refractivity contribution in [2.45, 2.75) is 0 Å². The van der Waals surface area contributed by atoms with E-state index < -0.39 is 34.3 Å². The SMILES string of the molecule is O=C(O)c1[nH]c(=O)n(-c2ccccc2)c(=O)c1C(=O)c1ccccc1. The second-order valence-electron chi connectivity index (χ2n) is 5.16. The van der Waals surface area contributed by atoms with E-state index in [1.54, 1.807) is 36.4 Å². The summed E-state index contributed by atoms with van der Waals surface area (Å²) in [6, 6.07) is 15.7. The average Bonchev–Trinajstić information content (AvgIpc) is 2.62. The third-order valence-corrected chi connectivity index (χ3v) is 3.59. The van der Waals surface area contributed by atoms with E-state index in [9.17, 15) is 24.3 Å². The predicted molar refractivity (Wildman–Crippen MR) is 89.5 cm³/mol. The van der Waals surface area contributed by atoms with Crippen molar-refractivity contribution in [3.8, 4) is 5.69 Å². The predicted octanol–water partition coefficient (Wildman–Crippen LogP) is 1.45. The molecule has 0 unspecified atom stereocenters. The van der Waals surface area contributed by atoms with Gasteiger partial charge in [0.25, 0.3) is 5.56 Å². The lowest BCUT2D eigenvalue weighted by Gasteiger charge is -2.09. The minimum absolute atomic E-state index is 0.147. The maximum Gasteiger partial charge on any atom is 0.353 e. The van der Waals surface area contributed by atoms with Crippen molar-refractivity contribution in [2.75, 3.05) is 0 Å². The zero-order valence-corrected chi connectivity index (χ0v) is 12.8. The van der Waals surface area contributed by atoms with Gasteiger partial charge in [-0.3, -0.25) is 9.59 Å². The molecule has 0 atom stereocenters. The minimum atomic E-state index is -1.56. The fourth-order valence-electron chi connectivity index (χ4n) is 2.45. The largest absolute Gasteiger partial charge is 0.477 e. The van der Waals surface area contributed by atoms with Gasteiger partial charge in [-0.1, -0.05) is 48.5 Å². The lowest BCUT2D eigenvalue weighted by molar-refractivity contribution is 0.0685. The highest BCUT2D eigenvalue weighted by Gasteiger charge is 2.26. The molecular weight excluding hydrogens is 324 g/mol. The summed E-state index contributed by atoms with van der Waals surface area (Å²) in [5, 5.41) is 9.30. The molecule has 2 aromatic carbocycles. The van der Waals surface area contributed by atoms with Gasteiger partial charge < -0.3 is 10.1 Å². The normalized spacial score (nSPS) is 10.4. The summed E-state index contributed by atoms with van der Waals surface area (Å²) in [5.74, 6) is -2.34. The average molecular weight is 336 g/mol. The fourth-order valence-corrected chi connectivity index (χ4v) is 2.45. The standard InChI is InChI=1S/C18H12N2O5/c21-15(11-7-3-1-4-8-11)13-14(17(23)24)19-18(25)20(16(13)22)12-9-5-2-6-10-12/h1-10H,(H,19,25)(H,23,24). The van der Waals surface area contributed by atoms with Crippen molar-refractivity contribution in [1.29, 1.82) is 0 Å². The number of para-hydroxylation sites is 1. The van der Waals surface area contributed by atoms with Gasteiger partial charge in [-0.25, -0.2) is 14.2 Å². The van der Waals surface area contributed by atoms with E-state index in [-0.39, 0.29) is 11.3 Å². The molecule has 0 fully saturated rings. The van der Waals surface area contributed by atoms with Gasteiger partial charge in [0.2, 0.25) is 5.78 Å². The van der Waals surface area contributed by atoms with E-state index in [4.69, 9.17) is 0 Å². The molecule has 0 aliphatic carbocycles. The lowest BCUT2D eigenvalue weighted by Crippen LogP contribution is -2.40. The number of carboxylic acid groups (broad SMARTS) is 1. The monoisotopic (exact) mass is 336 g/mol. The van der Waals surface area contributed by atoms with Crippen LogP contribution in [-0.2, 0) is 0 Å². The first-order valence-corrected chi connectivity index (χ1v) is 7.28. The van der Waals surface area contributed by atoms with Gasteiger partial charge in [-0.15, -0.1) is 0 Å². The number of hydrogen-bond acceptors (Lipinski definition) is 4. The summed E-state index contributed by atoms with van der Waals surface area (Å²) >= 11 is 0. The Morgan fingerprint density at radius 2 is 1.44 bits per heavy atom. The van der Waals surface area contributed by atoms with Crippen molar-refractivity contribution in [3.05, 3.63) is 98.3 Å². The number of hydrogen-bond donors (Lipinski definition) is 2. The zero-order chi connectivity index (χ0) is 18.0. The Morgan fingerprint density at radius 1 is 0.880 bits per heavy atom. The zero-order valence-electron chi connectivity index (χ0n) is 12.8. The van der Waals surface area contributed by atoms with Gasteiger partial charge in [0.15, 0.2) is 0 Å². The second kappa shape index (κ2) is 6.40. The Hall–Kier alpha value is -3.74. The summed E-state index contributed by atoms with van der Waals surface area (Å²) in [5.41, 5.74) is -2.86. The second-order valence-corrected chi connectivity index (χ2v) is 5.16. The molecule has 3 rings (SSSR count). The summed E-state index contributed by atoms with van der Waals surface area (Å²) in [4.78, 5) is 51.2. The fraction of sp³-hybridized carbons (Fsp3) is 0. The van der Waals surface area contributed by atoms with Gasteiger partial charge in [-0.2, -0.15) is 0 Å². The molecule has 0 spiro atoms. The number of rotatable bonds is 4. The van der Waals surface area contributed by atoms with Crippen molar-refractivity contribution in [1.82, 2.24) is 9.55 Å². The molecule has 0 aliphatic rings. The summed E-state index contributed by atoms with van der Waals surface area (Å²) in [6.45, 7) is 0. The Labute approximate surface area is 140 Å². The number of nitrogens with one attached hydrogen (secondary N) is 1. The number of aromatic nitrogens is 2. The van der Waals surface area contributed by atoms with Crippen LogP contribution in [0.1, 0.15) is 26.4 Å². The topological polar surface area (TPSA) is 109 Å². The van der Waals surface area contributed by atoms with Crippen LogP contribution in [-0.4, -0.2) is 26.4 Å². The van der Waals surface area contributed by atoms with Crippen LogP contribution in [0.25, 0.3) is 5.69 Å². The first-order valence-electron chi connectivity index (χ1n) is 7.28. The first-order chi connectivity index (χ1) is 12.0. The molecule has 0 saturated carbocycles. The highest BCUT2D eigenvalue weighted by molar-refractivity contribution is 6.13. The molecule has 1 aromatic heterocycles. The Bertz CT molecular complexity index is 1070. The van der Waals surface area contributed by atoms with Crippen molar-refractivity contribution in [2.24, 2.45) is 0 Å². The molecule has 0 saturated heterocycles. The maximum absolute atomic E-state index is 12.8. The van der Waals surface area contributed by atoms with E-state index in [2.05, 4.69) is 4.98 Å². The van der Waals surface area contributed by atoms with Gasteiger partial charge >= 0.3 is 11.7 Å². The number of carbonyl (C=O) groups is 2. The molecule has 2 N–H and O–H groups in total. The summed E-state index contributed by atoms with van der Waals surface area (Å²) in [7, 11) is 0. The number of aromatic amines is 1. The van der Waals surface area contributed by atoms with Gasteiger partial charge in [-0.05, 0) is 12.1 Å². The van der Waals surface area contributed by atoms with E-state index in [0.29, 0.717) is 0 Å². The smallest absolute Gasteiger partial charge is 0.353 e. The van der Waals surface area contributed by atoms with Crippen LogP contribution >= 0.6 is 0 Å². The molecule has 3 aromatic rings. The highest BCUT2D eigenvalue weighted by atomic mass is 16.4. The molecule has 25 heavy (non-hydrogen) atoms. The number of H-pyrrole nitrogens is 1. The first kappa shape index (κ1) is 16.1. The maximum atomic E-state index is 12.8. The number of carbonyl (C=O) groups excluding carboxylic acids is 1. The molecule has 1 heterocycles. The third kappa shape index (κ3) is 2.90. The van der Waals surface area contributed by atoms with Gasteiger partial charge in [0, 0.05) is 5.56 Å². The molecule has 7 nitrogen and oxygen atoms in total. The van der Waals surface area contributed by atoms with Crippen molar-refractivity contribution in [3.63, 3.8) is 0 Å². The van der Waals surface area contributed by atoms with Crippen LogP contribution in [0.2, 0.25) is 0 Å². The quantitative estimate of drug-likeness (QED) is 0.701. The summed E-state index contributed by atoms with van der Waals surface area (Å²) < 4.78 is 0.739. The number of benzene rings is 2. The minimum Gasteiger partial charge on any atom is -0.477 e. The Morgan fingerprint density at radius 3 is 2.00 bits per heavy atom. The molecule has 0 radical (unpaired) electrons. The van der Waals surface area contributed by atoms with Crippen molar-refractivity contribution >= 4 is 11.8 Å². The van der Waals surface area contributed by atoms with Crippen LogP contribution in [0.15, 0.2) is 70.3 Å². The third-order valence-electron chi connectivity index (χ3n) is 3.59. The summed E-state index contributed by atoms with van der Waals surface area (Å²) in [6.07, 6.45) is 0. The van der Waals surface area contributed by atoms with Crippen molar-refractivity contribution < 1.29 is 14.7 Å². The molecular formula is C18H12N2O5. The van der Waals surface area contributed by atoms with Gasteiger partial charge in [0.1, 0.15) is 11.3 Å². The number of nitrogens with zero attached hydrogens (tertiary/aromatic N) is 1. The Balaban J connectivity index is 2.34. The molecule has 0 aliphatic heterocycles. The van der Waals surface area contributed by atoms with E-state index in [1.165, 1.54) is 24.3 Å². The van der Waals surface area contributed by atoms with Crippen LogP contribution in [0.5, 0.6) is 0 Å². The highest BCUT2D eigenvalue weighted by Crippen LogP contribution is 2.10. The van der Waals surface area contributed by atoms with Crippen LogP contribution in [0.4, 0.5) is 0 Å². The van der Waals surface area contributed by atoms with Crippen LogP contribution in [0.3, 0.4) is 0 Å². The molecule has 7 heteroatoms. The number of aromatic carboxylic acids is 1. The molecule has 0 bridgehead atoms. The van der Waals surface area contributed by atoms with Crippen LogP contribution < -0.4 is 11.2 Å². The Kier molecular flexibility index (Phi) is 4.13. The molecule has 124 valence electrons. The van der Waals surface area contributed by atoms with Crippen LogP contribution in [0, 0.1) is 0 Å². The van der Waals surface area contributed by atoms with Gasteiger partial charge in [0.05, 0.1) is 5.69 Å². The van der Waals surface area contributed by atoms with E-state index in [0.717, 1.165) is 4.57 Å². The van der Waals surface area contributed by atoms with E-state index >= 15 is 0 Å². The number of ketones is 1.